The lowest BCUT2D eigenvalue weighted by molar-refractivity contribution is -0.384. The van der Waals surface area contributed by atoms with E-state index in [1.165, 1.54) is 12.1 Å². The van der Waals surface area contributed by atoms with Gasteiger partial charge in [-0.05, 0) is 77.9 Å². The van der Waals surface area contributed by atoms with E-state index < -0.39 is 10.9 Å². The van der Waals surface area contributed by atoms with Crippen molar-refractivity contribution >= 4 is 46.0 Å². The number of benzene rings is 2. The number of oxime groups is 1. The predicted octanol–water partition coefficient (Wildman–Crippen LogP) is 4.49. The molecule has 9 heteroatoms. The van der Waals surface area contributed by atoms with Gasteiger partial charge in [0.25, 0.3) is 5.69 Å². The maximum atomic E-state index is 11.8. The molecule has 3 rings (SSSR count). The van der Waals surface area contributed by atoms with E-state index >= 15 is 0 Å². The number of nitro benzene ring substituents is 1. The van der Waals surface area contributed by atoms with Gasteiger partial charge >= 0.3 is 5.97 Å². The van der Waals surface area contributed by atoms with Crippen LogP contribution in [-0.2, 0) is 16.2 Å². The Balaban J connectivity index is 1.84. The average molecular weight is 508 g/mol. The summed E-state index contributed by atoms with van der Waals surface area (Å²) in [4.78, 5) is 26.8. The molecule has 29 heavy (non-hydrogen) atoms. The van der Waals surface area contributed by atoms with Gasteiger partial charge in [0.1, 0.15) is 6.61 Å². The lowest BCUT2D eigenvalue weighted by Gasteiger charge is -2.15. The van der Waals surface area contributed by atoms with Crippen molar-refractivity contribution in [1.29, 1.82) is 0 Å². The van der Waals surface area contributed by atoms with E-state index in [9.17, 15) is 14.9 Å². The molecule has 0 aliphatic carbocycles. The van der Waals surface area contributed by atoms with Gasteiger partial charge in [0.05, 0.1) is 26.4 Å². The summed E-state index contributed by atoms with van der Waals surface area (Å²) in [5, 5.41) is 14.4. The fraction of sp³-hybridized carbons (Fsp3) is 0.200. The highest BCUT2D eigenvalue weighted by Crippen LogP contribution is 2.36. The van der Waals surface area contributed by atoms with Gasteiger partial charge in [0, 0.05) is 12.1 Å². The standard InChI is InChI=1S/C20H17IN2O6/c1-3-27-18-10-14(8-16-12(2)22-29-20(16)24)9-17(21)19(18)28-11-13-4-6-15(7-5-13)23(25)26/h4-10H,3,11H2,1-2H3/b16-8+. The Morgan fingerprint density at radius 2 is 1.97 bits per heavy atom. The fourth-order valence-electron chi connectivity index (χ4n) is 2.63. The molecule has 1 heterocycles. The van der Waals surface area contributed by atoms with Crippen molar-refractivity contribution in [3.63, 3.8) is 0 Å². The van der Waals surface area contributed by atoms with Gasteiger partial charge in [0.15, 0.2) is 11.5 Å². The molecule has 0 amide bonds. The molecule has 150 valence electrons. The van der Waals surface area contributed by atoms with Crippen LogP contribution < -0.4 is 9.47 Å². The van der Waals surface area contributed by atoms with Gasteiger partial charge in [-0.25, -0.2) is 4.79 Å². The minimum atomic E-state index is -0.492. The van der Waals surface area contributed by atoms with Crippen LogP contribution in [0.2, 0.25) is 0 Å². The number of ether oxygens (including phenoxy) is 2. The zero-order valence-electron chi connectivity index (χ0n) is 15.7. The van der Waals surface area contributed by atoms with Crippen LogP contribution in [0.25, 0.3) is 6.08 Å². The molecule has 0 spiro atoms. The van der Waals surface area contributed by atoms with Gasteiger partial charge in [-0.15, -0.1) is 0 Å². The Hall–Kier alpha value is -2.95. The van der Waals surface area contributed by atoms with E-state index in [0.29, 0.717) is 29.4 Å². The van der Waals surface area contributed by atoms with Gasteiger partial charge in [0.2, 0.25) is 0 Å². The van der Waals surface area contributed by atoms with Crippen LogP contribution in [0, 0.1) is 13.7 Å². The number of carbonyl (C=O) groups is 1. The highest BCUT2D eigenvalue weighted by atomic mass is 127. The maximum Gasteiger partial charge on any atom is 0.367 e. The maximum absolute atomic E-state index is 11.8. The van der Waals surface area contributed by atoms with Crippen molar-refractivity contribution in [2.45, 2.75) is 20.5 Å². The number of nitrogens with zero attached hydrogens (tertiary/aromatic N) is 2. The van der Waals surface area contributed by atoms with Gasteiger partial charge in [-0.2, -0.15) is 0 Å². The van der Waals surface area contributed by atoms with E-state index in [4.69, 9.17) is 9.47 Å². The molecule has 1 aliphatic heterocycles. The Morgan fingerprint density at radius 1 is 1.24 bits per heavy atom. The molecule has 0 bridgehead atoms. The third-order valence-corrected chi connectivity index (χ3v) is 4.85. The molecule has 0 N–H and O–H groups in total. The second-order valence-electron chi connectivity index (χ2n) is 6.09. The van der Waals surface area contributed by atoms with Gasteiger partial charge in [-0.1, -0.05) is 5.16 Å². The monoisotopic (exact) mass is 508 g/mol. The molecule has 0 unspecified atom stereocenters. The molecule has 0 saturated heterocycles. The molecular weight excluding hydrogens is 491 g/mol. The fourth-order valence-corrected chi connectivity index (χ4v) is 3.41. The summed E-state index contributed by atoms with van der Waals surface area (Å²) in [6.07, 6.45) is 1.69. The highest BCUT2D eigenvalue weighted by molar-refractivity contribution is 14.1. The van der Waals surface area contributed by atoms with Crippen molar-refractivity contribution in [2.75, 3.05) is 6.61 Å². The number of nitro groups is 1. The van der Waals surface area contributed by atoms with Crippen molar-refractivity contribution in [2.24, 2.45) is 5.16 Å². The number of rotatable bonds is 7. The number of halogens is 1. The first kappa shape index (κ1) is 20.8. The molecule has 0 saturated carbocycles. The Bertz CT molecular complexity index is 1010. The quantitative estimate of drug-likeness (QED) is 0.180. The van der Waals surface area contributed by atoms with Crippen molar-refractivity contribution in [1.82, 2.24) is 0 Å². The Kier molecular flexibility index (Phi) is 6.47. The smallest absolute Gasteiger partial charge is 0.367 e. The van der Waals surface area contributed by atoms with Crippen molar-refractivity contribution < 1.29 is 24.0 Å². The van der Waals surface area contributed by atoms with Crippen molar-refractivity contribution in [3.05, 3.63) is 66.8 Å². The van der Waals surface area contributed by atoms with Crippen LogP contribution >= 0.6 is 22.6 Å². The third kappa shape index (κ3) is 4.91. The van der Waals surface area contributed by atoms with E-state index in [-0.39, 0.29) is 12.3 Å². The van der Waals surface area contributed by atoms with E-state index in [1.54, 1.807) is 31.2 Å². The topological polar surface area (TPSA) is 100 Å². The summed E-state index contributed by atoms with van der Waals surface area (Å²) >= 11 is 2.14. The summed E-state index contributed by atoms with van der Waals surface area (Å²) < 4.78 is 12.5. The SMILES string of the molecule is CCOc1cc(/C=C2/C(=O)ON=C2C)cc(I)c1OCc1ccc([N+](=O)[O-])cc1. The van der Waals surface area contributed by atoms with E-state index in [2.05, 4.69) is 32.6 Å². The first-order valence-corrected chi connectivity index (χ1v) is 9.77. The van der Waals surface area contributed by atoms with Crippen LogP contribution in [0.4, 0.5) is 5.69 Å². The zero-order chi connectivity index (χ0) is 21.0. The number of carbonyl (C=O) groups excluding carboxylic acids is 1. The van der Waals surface area contributed by atoms with E-state index in [0.717, 1.165) is 14.7 Å². The van der Waals surface area contributed by atoms with Gasteiger partial charge in [-0.3, -0.25) is 10.1 Å². The summed E-state index contributed by atoms with van der Waals surface area (Å²) in [6, 6.07) is 9.82. The third-order valence-electron chi connectivity index (χ3n) is 4.05. The van der Waals surface area contributed by atoms with Gasteiger partial charge < -0.3 is 14.3 Å². The molecule has 2 aromatic rings. The van der Waals surface area contributed by atoms with Crippen LogP contribution in [-0.4, -0.2) is 23.2 Å². The molecule has 0 fully saturated rings. The average Bonchev–Trinajstić information content (AvgIpc) is 3.00. The molecular formula is C20H17IN2O6. The minimum Gasteiger partial charge on any atom is -0.490 e. The molecule has 0 aromatic heterocycles. The Labute approximate surface area is 180 Å². The lowest BCUT2D eigenvalue weighted by Crippen LogP contribution is -2.04. The van der Waals surface area contributed by atoms with Crippen LogP contribution in [0.15, 0.2) is 47.1 Å². The molecule has 2 aromatic carbocycles. The first-order chi connectivity index (χ1) is 13.9. The van der Waals surface area contributed by atoms with Crippen LogP contribution in [0.5, 0.6) is 11.5 Å². The number of non-ortho nitro benzene ring substituents is 1. The van der Waals surface area contributed by atoms with Crippen LogP contribution in [0.1, 0.15) is 25.0 Å². The normalized spacial score (nSPS) is 14.5. The van der Waals surface area contributed by atoms with Crippen molar-refractivity contribution in [3.8, 4) is 11.5 Å². The molecule has 8 nitrogen and oxygen atoms in total. The number of hydrogen-bond donors (Lipinski definition) is 0. The lowest BCUT2D eigenvalue weighted by atomic mass is 10.1. The summed E-state index contributed by atoms with van der Waals surface area (Å²) in [6.45, 7) is 4.23. The highest BCUT2D eigenvalue weighted by Gasteiger charge is 2.22. The molecule has 0 radical (unpaired) electrons. The zero-order valence-corrected chi connectivity index (χ0v) is 17.8. The van der Waals surface area contributed by atoms with Crippen LogP contribution in [0.3, 0.4) is 0 Å². The first-order valence-electron chi connectivity index (χ1n) is 8.69. The Morgan fingerprint density at radius 3 is 2.55 bits per heavy atom. The summed E-state index contributed by atoms with van der Waals surface area (Å²) in [5.41, 5.74) is 2.48. The minimum absolute atomic E-state index is 0.0278. The number of hydrogen-bond acceptors (Lipinski definition) is 7. The molecule has 1 aliphatic rings. The largest absolute Gasteiger partial charge is 0.490 e. The summed E-state index contributed by atoms with van der Waals surface area (Å²) in [7, 11) is 0. The molecule has 0 atom stereocenters. The predicted molar refractivity (Wildman–Crippen MR) is 115 cm³/mol. The second-order valence-corrected chi connectivity index (χ2v) is 7.25. The second kappa shape index (κ2) is 9.03. The summed E-state index contributed by atoms with van der Waals surface area (Å²) in [5.74, 6) is 0.607. The van der Waals surface area contributed by atoms with E-state index in [1.807, 2.05) is 13.0 Å².